The van der Waals surface area contributed by atoms with E-state index in [0.717, 1.165) is 0 Å². The number of halogens is 1. The first-order chi connectivity index (χ1) is 5.79. The summed E-state index contributed by atoms with van der Waals surface area (Å²) in [7, 11) is 2.17. The maximum atomic E-state index is 3.57. The largest absolute Gasteiger partial charge is 0.299 e. The third kappa shape index (κ3) is 1.29. The third-order valence-electron chi connectivity index (χ3n) is 2.55. The zero-order valence-electron chi connectivity index (χ0n) is 7.13. The van der Waals surface area contributed by atoms with Crippen molar-refractivity contribution >= 4 is 15.9 Å². The van der Waals surface area contributed by atoms with Crippen LogP contribution in [0.4, 0.5) is 0 Å². The van der Waals surface area contributed by atoms with Gasteiger partial charge < -0.3 is 0 Å². The Bertz CT molecular complexity index is 285. The van der Waals surface area contributed by atoms with E-state index in [1.807, 2.05) is 0 Å². The molecule has 0 amide bonds. The Balaban J connectivity index is 2.27. The van der Waals surface area contributed by atoms with Gasteiger partial charge in [0.05, 0.1) is 0 Å². The van der Waals surface area contributed by atoms with Gasteiger partial charge in [-0.1, -0.05) is 34.1 Å². The summed E-state index contributed by atoms with van der Waals surface area (Å²) in [5.41, 5.74) is 1.42. The molecule has 0 unspecified atom stereocenters. The number of benzene rings is 1. The van der Waals surface area contributed by atoms with Crippen molar-refractivity contribution in [1.29, 1.82) is 0 Å². The monoisotopic (exact) mass is 225 g/mol. The molecule has 1 aliphatic rings. The fraction of sp³-hybridized carbons (Fsp3) is 0.400. The smallest absolute Gasteiger partial charge is 0.0368 e. The molecule has 0 spiro atoms. The zero-order chi connectivity index (χ0) is 8.55. The number of rotatable bonds is 1. The molecule has 1 heterocycles. The van der Waals surface area contributed by atoms with Gasteiger partial charge in [-0.2, -0.15) is 0 Å². The second-order valence-electron chi connectivity index (χ2n) is 3.31. The average molecular weight is 226 g/mol. The maximum Gasteiger partial charge on any atom is 0.0368 e. The molecule has 0 radical (unpaired) electrons. The lowest BCUT2D eigenvalue weighted by molar-refractivity contribution is 0.127. The summed E-state index contributed by atoms with van der Waals surface area (Å²) in [6.07, 6.45) is 1.29. The predicted molar refractivity (Wildman–Crippen MR) is 54.1 cm³/mol. The first-order valence-corrected chi connectivity index (χ1v) is 5.03. The van der Waals surface area contributed by atoms with Crippen LogP contribution in [0.3, 0.4) is 0 Å². The van der Waals surface area contributed by atoms with Crippen molar-refractivity contribution in [2.75, 3.05) is 13.6 Å². The zero-order valence-corrected chi connectivity index (χ0v) is 8.71. The quantitative estimate of drug-likeness (QED) is 0.711. The third-order valence-corrected chi connectivity index (χ3v) is 3.27. The molecule has 1 saturated heterocycles. The highest BCUT2D eigenvalue weighted by Crippen LogP contribution is 2.35. The summed E-state index contributed by atoms with van der Waals surface area (Å²) in [5, 5.41) is 0. The summed E-state index contributed by atoms with van der Waals surface area (Å²) in [6.45, 7) is 1.23. The van der Waals surface area contributed by atoms with E-state index in [1.165, 1.54) is 23.0 Å². The predicted octanol–water partition coefficient (Wildman–Crippen LogP) is 2.83. The molecule has 2 rings (SSSR count). The Morgan fingerprint density at radius 2 is 2.17 bits per heavy atom. The summed E-state index contributed by atoms with van der Waals surface area (Å²) in [4.78, 5) is 2.38. The van der Waals surface area contributed by atoms with Crippen molar-refractivity contribution < 1.29 is 0 Å². The summed E-state index contributed by atoms with van der Waals surface area (Å²) in [5.74, 6) is 0. The Labute approximate surface area is 81.5 Å². The molecular formula is C10H12BrN. The van der Waals surface area contributed by atoms with Crippen LogP contribution < -0.4 is 0 Å². The molecule has 0 aliphatic carbocycles. The molecule has 0 N–H and O–H groups in total. The van der Waals surface area contributed by atoms with Gasteiger partial charge in [0.25, 0.3) is 0 Å². The fourth-order valence-corrected chi connectivity index (χ4v) is 2.20. The molecule has 1 aromatic carbocycles. The Kier molecular flexibility index (Phi) is 2.20. The van der Waals surface area contributed by atoms with E-state index < -0.39 is 0 Å². The van der Waals surface area contributed by atoms with E-state index in [-0.39, 0.29) is 0 Å². The van der Waals surface area contributed by atoms with Crippen molar-refractivity contribution in [2.45, 2.75) is 12.5 Å². The number of likely N-dealkylation sites (tertiary alicyclic amines) is 1. The van der Waals surface area contributed by atoms with Crippen LogP contribution >= 0.6 is 15.9 Å². The van der Waals surface area contributed by atoms with Crippen LogP contribution in [0.2, 0.25) is 0 Å². The number of hydrogen-bond donors (Lipinski definition) is 0. The molecule has 0 aromatic heterocycles. The highest BCUT2D eigenvalue weighted by atomic mass is 79.9. The van der Waals surface area contributed by atoms with Crippen LogP contribution in [0.5, 0.6) is 0 Å². The van der Waals surface area contributed by atoms with Gasteiger partial charge in [-0.3, -0.25) is 4.90 Å². The SMILES string of the molecule is CN1CC[C@H]1c1ccccc1Br. The molecule has 12 heavy (non-hydrogen) atoms. The number of nitrogens with zero attached hydrogens (tertiary/aromatic N) is 1. The van der Waals surface area contributed by atoms with Crippen molar-refractivity contribution in [2.24, 2.45) is 0 Å². The van der Waals surface area contributed by atoms with E-state index in [4.69, 9.17) is 0 Å². The first kappa shape index (κ1) is 8.27. The van der Waals surface area contributed by atoms with E-state index in [2.05, 4.69) is 52.1 Å². The van der Waals surface area contributed by atoms with Crippen LogP contribution in [0, 0.1) is 0 Å². The van der Waals surface area contributed by atoms with Gasteiger partial charge in [-0.25, -0.2) is 0 Å². The lowest BCUT2D eigenvalue weighted by Gasteiger charge is -2.38. The lowest BCUT2D eigenvalue weighted by atomic mass is 9.96. The standard InChI is InChI=1S/C10H12BrN/c1-12-7-6-10(12)8-4-2-3-5-9(8)11/h2-5,10H,6-7H2,1H3/t10-/m0/s1. The molecule has 64 valence electrons. The van der Waals surface area contributed by atoms with Gasteiger partial charge in [0, 0.05) is 17.1 Å². The maximum absolute atomic E-state index is 3.57. The van der Waals surface area contributed by atoms with Crippen LogP contribution in [0.25, 0.3) is 0 Å². The minimum Gasteiger partial charge on any atom is -0.299 e. The Hall–Kier alpha value is -0.340. The van der Waals surface area contributed by atoms with Crippen molar-refractivity contribution in [3.8, 4) is 0 Å². The second-order valence-corrected chi connectivity index (χ2v) is 4.16. The van der Waals surface area contributed by atoms with E-state index in [9.17, 15) is 0 Å². The molecule has 0 saturated carbocycles. The molecule has 0 bridgehead atoms. The summed E-state index contributed by atoms with van der Waals surface area (Å²) >= 11 is 3.57. The van der Waals surface area contributed by atoms with Crippen LogP contribution in [0.15, 0.2) is 28.7 Å². The van der Waals surface area contributed by atoms with Crippen LogP contribution in [-0.4, -0.2) is 18.5 Å². The number of hydrogen-bond acceptors (Lipinski definition) is 1. The molecule has 1 fully saturated rings. The highest BCUT2D eigenvalue weighted by molar-refractivity contribution is 9.10. The minimum absolute atomic E-state index is 0.639. The van der Waals surface area contributed by atoms with Gasteiger partial charge in [0.1, 0.15) is 0 Å². The van der Waals surface area contributed by atoms with Gasteiger partial charge in [-0.15, -0.1) is 0 Å². The lowest BCUT2D eigenvalue weighted by Crippen LogP contribution is -2.37. The molecule has 1 aromatic rings. The molecule has 1 atom stereocenters. The average Bonchev–Trinajstić information content (AvgIpc) is 2.06. The van der Waals surface area contributed by atoms with E-state index in [0.29, 0.717) is 6.04 Å². The van der Waals surface area contributed by atoms with Gasteiger partial charge in [0.2, 0.25) is 0 Å². The van der Waals surface area contributed by atoms with Gasteiger partial charge >= 0.3 is 0 Å². The van der Waals surface area contributed by atoms with Gasteiger partial charge in [0.15, 0.2) is 0 Å². The second kappa shape index (κ2) is 3.19. The van der Waals surface area contributed by atoms with Crippen molar-refractivity contribution in [3.05, 3.63) is 34.3 Å². The Morgan fingerprint density at radius 3 is 2.67 bits per heavy atom. The molecule has 1 nitrogen and oxygen atoms in total. The van der Waals surface area contributed by atoms with Gasteiger partial charge in [-0.05, 0) is 25.1 Å². The minimum atomic E-state index is 0.639. The van der Waals surface area contributed by atoms with Crippen LogP contribution in [-0.2, 0) is 0 Å². The van der Waals surface area contributed by atoms with Crippen molar-refractivity contribution in [1.82, 2.24) is 4.90 Å². The molecule has 1 aliphatic heterocycles. The van der Waals surface area contributed by atoms with E-state index in [1.54, 1.807) is 0 Å². The summed E-state index contributed by atoms with van der Waals surface area (Å²) < 4.78 is 1.24. The van der Waals surface area contributed by atoms with Crippen LogP contribution in [0.1, 0.15) is 18.0 Å². The summed E-state index contributed by atoms with van der Waals surface area (Å²) in [6, 6.07) is 9.12. The molecule has 2 heteroatoms. The topological polar surface area (TPSA) is 3.24 Å². The van der Waals surface area contributed by atoms with E-state index >= 15 is 0 Å². The fourth-order valence-electron chi connectivity index (χ4n) is 1.65. The normalized spacial score (nSPS) is 23.7. The molecular weight excluding hydrogens is 214 g/mol. The van der Waals surface area contributed by atoms with Crippen molar-refractivity contribution in [3.63, 3.8) is 0 Å². The first-order valence-electron chi connectivity index (χ1n) is 4.23. The Morgan fingerprint density at radius 1 is 1.42 bits per heavy atom. The highest BCUT2D eigenvalue weighted by Gasteiger charge is 2.26.